The van der Waals surface area contributed by atoms with Crippen LogP contribution < -0.4 is 4.74 Å². The summed E-state index contributed by atoms with van der Waals surface area (Å²) in [5, 5.41) is 1.76. The number of carbonyl (C=O) groups excluding carboxylic acids is 1. The fraction of sp³-hybridized carbons (Fsp3) is 0.0833. The van der Waals surface area contributed by atoms with Crippen LogP contribution in [0.2, 0.25) is 0 Å². The van der Waals surface area contributed by atoms with Crippen LogP contribution in [0.25, 0.3) is 10.4 Å². The molecule has 0 N–H and O–H groups in total. The van der Waals surface area contributed by atoms with Crippen molar-refractivity contribution in [2.24, 2.45) is 0 Å². The van der Waals surface area contributed by atoms with Crippen LogP contribution in [0.15, 0.2) is 29.6 Å². The van der Waals surface area contributed by atoms with Gasteiger partial charge in [-0.05, 0) is 17.5 Å². The van der Waals surface area contributed by atoms with Crippen molar-refractivity contribution in [3.63, 3.8) is 0 Å². The van der Waals surface area contributed by atoms with Gasteiger partial charge in [0.25, 0.3) is 0 Å². The summed E-state index contributed by atoms with van der Waals surface area (Å²) in [6.45, 7) is 0. The molecule has 0 unspecified atom stereocenters. The van der Waals surface area contributed by atoms with Gasteiger partial charge in [-0.3, -0.25) is 4.79 Å². The number of rotatable bonds is 3. The van der Waals surface area contributed by atoms with Gasteiger partial charge in [-0.15, -0.1) is 11.3 Å². The third-order valence-corrected chi connectivity index (χ3v) is 3.21. The highest BCUT2D eigenvalue weighted by Crippen LogP contribution is 2.34. The fourth-order valence-corrected chi connectivity index (χ4v) is 2.36. The Hall–Kier alpha value is -1.68. The lowest BCUT2D eigenvalue weighted by atomic mass is 10.1. The number of carbonyl (C=O) groups is 1. The minimum Gasteiger partial charge on any atom is -0.494 e. The maximum atomic E-state index is 13.9. The van der Waals surface area contributed by atoms with Crippen LogP contribution in [0.5, 0.6) is 5.75 Å². The molecule has 0 atom stereocenters. The third kappa shape index (κ3) is 1.72. The molecule has 82 valence electrons. The molecule has 4 heteroatoms. The smallest absolute Gasteiger partial charge is 0.173 e. The summed E-state index contributed by atoms with van der Waals surface area (Å²) < 4.78 is 18.8. The largest absolute Gasteiger partial charge is 0.494 e. The Morgan fingerprint density at radius 1 is 1.38 bits per heavy atom. The highest BCUT2D eigenvalue weighted by Gasteiger charge is 2.14. The molecule has 0 aliphatic heterocycles. The summed E-state index contributed by atoms with van der Waals surface area (Å²) in [5.41, 5.74) is 0.897. The fourth-order valence-electron chi connectivity index (χ4n) is 1.47. The summed E-state index contributed by atoms with van der Waals surface area (Å²) >= 11 is 1.33. The summed E-state index contributed by atoms with van der Waals surface area (Å²) in [5.74, 6) is -0.252. The van der Waals surface area contributed by atoms with Gasteiger partial charge in [-0.2, -0.15) is 0 Å². The second kappa shape index (κ2) is 4.45. The van der Waals surface area contributed by atoms with Crippen molar-refractivity contribution in [3.05, 3.63) is 41.0 Å². The van der Waals surface area contributed by atoms with E-state index in [1.165, 1.54) is 18.4 Å². The summed E-state index contributed by atoms with van der Waals surface area (Å²) in [6.07, 6.45) is 0.727. The van der Waals surface area contributed by atoms with Gasteiger partial charge in [0.05, 0.1) is 7.11 Å². The highest BCUT2D eigenvalue weighted by atomic mass is 32.1. The van der Waals surface area contributed by atoms with E-state index < -0.39 is 5.82 Å². The van der Waals surface area contributed by atoms with E-state index in [4.69, 9.17) is 4.74 Å². The molecule has 2 nitrogen and oxygen atoms in total. The lowest BCUT2D eigenvalue weighted by molar-refractivity contribution is 0.112. The SMILES string of the molecule is COc1cccc(-c2sccc2C=O)c1F. The summed E-state index contributed by atoms with van der Waals surface area (Å²) in [7, 11) is 1.41. The second-order valence-electron chi connectivity index (χ2n) is 3.14. The molecule has 2 aromatic rings. The highest BCUT2D eigenvalue weighted by molar-refractivity contribution is 7.14. The predicted octanol–water partition coefficient (Wildman–Crippen LogP) is 3.38. The Kier molecular flexibility index (Phi) is 3.01. The maximum Gasteiger partial charge on any atom is 0.173 e. The van der Waals surface area contributed by atoms with Crippen LogP contribution in [0.4, 0.5) is 4.39 Å². The van der Waals surface area contributed by atoms with Gasteiger partial charge >= 0.3 is 0 Å². The van der Waals surface area contributed by atoms with Crippen molar-refractivity contribution in [2.45, 2.75) is 0 Å². The minimum absolute atomic E-state index is 0.183. The standard InChI is InChI=1S/C12H9FO2S/c1-15-10-4-2-3-9(11(10)13)12-8(7-14)5-6-16-12/h2-7H,1H3. The quantitative estimate of drug-likeness (QED) is 0.764. The van der Waals surface area contributed by atoms with E-state index in [0.717, 1.165) is 6.29 Å². The topological polar surface area (TPSA) is 26.3 Å². The number of thiophene rings is 1. The first-order valence-corrected chi connectivity index (χ1v) is 5.51. The predicted molar refractivity (Wildman–Crippen MR) is 61.7 cm³/mol. The molecule has 0 aliphatic carbocycles. The third-order valence-electron chi connectivity index (χ3n) is 2.25. The molecule has 1 aromatic carbocycles. The van der Waals surface area contributed by atoms with E-state index in [1.54, 1.807) is 29.6 Å². The molecule has 0 bridgehead atoms. The lowest BCUT2D eigenvalue weighted by Gasteiger charge is -2.06. The normalized spacial score (nSPS) is 10.1. The molecule has 16 heavy (non-hydrogen) atoms. The van der Waals surface area contributed by atoms with E-state index in [1.807, 2.05) is 0 Å². The van der Waals surface area contributed by atoms with Gasteiger partial charge in [0.2, 0.25) is 0 Å². The Morgan fingerprint density at radius 2 is 2.19 bits per heavy atom. The average molecular weight is 236 g/mol. The number of methoxy groups -OCH3 is 1. The lowest BCUT2D eigenvalue weighted by Crippen LogP contribution is -1.91. The van der Waals surface area contributed by atoms with E-state index in [9.17, 15) is 9.18 Å². The molecule has 1 heterocycles. The van der Waals surface area contributed by atoms with E-state index in [2.05, 4.69) is 0 Å². The van der Waals surface area contributed by atoms with Crippen LogP contribution in [0.1, 0.15) is 10.4 Å². The summed E-state index contributed by atoms with van der Waals surface area (Å²) in [6, 6.07) is 6.56. The first kappa shape index (κ1) is 10.8. The van der Waals surface area contributed by atoms with Gasteiger partial charge in [0, 0.05) is 16.0 Å². The molecule has 0 fully saturated rings. The second-order valence-corrected chi connectivity index (χ2v) is 4.06. The van der Waals surface area contributed by atoms with Crippen molar-refractivity contribution < 1.29 is 13.9 Å². The number of benzene rings is 1. The molecular weight excluding hydrogens is 227 g/mol. The van der Waals surface area contributed by atoms with Gasteiger partial charge in [0.15, 0.2) is 17.9 Å². The molecule has 0 saturated heterocycles. The van der Waals surface area contributed by atoms with E-state index in [-0.39, 0.29) is 5.75 Å². The van der Waals surface area contributed by atoms with Gasteiger partial charge < -0.3 is 4.74 Å². The Morgan fingerprint density at radius 3 is 2.88 bits per heavy atom. The van der Waals surface area contributed by atoms with Crippen molar-refractivity contribution in [3.8, 4) is 16.2 Å². The van der Waals surface area contributed by atoms with Gasteiger partial charge in [-0.1, -0.05) is 12.1 Å². The van der Waals surface area contributed by atoms with Crippen LogP contribution in [-0.2, 0) is 0 Å². The van der Waals surface area contributed by atoms with Crippen LogP contribution >= 0.6 is 11.3 Å². The average Bonchev–Trinajstić information content (AvgIpc) is 2.77. The Bertz CT molecular complexity index is 519. The van der Waals surface area contributed by atoms with Crippen molar-refractivity contribution in [2.75, 3.05) is 7.11 Å². The van der Waals surface area contributed by atoms with Crippen LogP contribution in [-0.4, -0.2) is 13.4 Å². The molecule has 1 aromatic heterocycles. The molecule has 0 radical (unpaired) electrons. The van der Waals surface area contributed by atoms with Crippen molar-refractivity contribution >= 4 is 17.6 Å². The molecule has 2 rings (SSSR count). The number of aldehydes is 1. The van der Waals surface area contributed by atoms with Crippen LogP contribution in [0.3, 0.4) is 0 Å². The zero-order valence-electron chi connectivity index (χ0n) is 8.57. The Labute approximate surface area is 96.3 Å². The Balaban J connectivity index is 2.60. The number of hydrogen-bond donors (Lipinski definition) is 0. The molecule has 0 saturated carbocycles. The number of hydrogen-bond acceptors (Lipinski definition) is 3. The zero-order chi connectivity index (χ0) is 11.5. The molecule has 0 spiro atoms. The number of ether oxygens (including phenoxy) is 1. The monoisotopic (exact) mass is 236 g/mol. The first-order valence-electron chi connectivity index (χ1n) is 4.63. The first-order chi connectivity index (χ1) is 7.77. The summed E-state index contributed by atoms with van der Waals surface area (Å²) in [4.78, 5) is 11.4. The van der Waals surface area contributed by atoms with Gasteiger partial charge in [-0.25, -0.2) is 4.39 Å². The van der Waals surface area contributed by atoms with Crippen molar-refractivity contribution in [1.29, 1.82) is 0 Å². The van der Waals surface area contributed by atoms with E-state index >= 15 is 0 Å². The molecule has 0 amide bonds. The van der Waals surface area contributed by atoms with Crippen molar-refractivity contribution in [1.82, 2.24) is 0 Å². The molecule has 0 aliphatic rings. The zero-order valence-corrected chi connectivity index (χ0v) is 9.38. The number of halogens is 1. The van der Waals surface area contributed by atoms with E-state index in [0.29, 0.717) is 16.0 Å². The minimum atomic E-state index is -0.435. The molecular formula is C12H9FO2S. The maximum absolute atomic E-state index is 13.9. The van der Waals surface area contributed by atoms with Crippen LogP contribution in [0, 0.1) is 5.82 Å². The van der Waals surface area contributed by atoms with Gasteiger partial charge in [0.1, 0.15) is 0 Å².